The molecule has 2 N–H and O–H groups in total. The van der Waals surface area contributed by atoms with E-state index in [1.807, 2.05) is 13.0 Å². The molecule has 222 valence electrons. The van der Waals surface area contributed by atoms with Gasteiger partial charge in [0.1, 0.15) is 17.0 Å². The number of halogens is 3. The maximum absolute atomic E-state index is 13.6. The van der Waals surface area contributed by atoms with Crippen molar-refractivity contribution in [2.45, 2.75) is 52.1 Å². The van der Waals surface area contributed by atoms with Crippen LogP contribution in [0.2, 0.25) is 0 Å². The Balaban J connectivity index is 1.77. The Labute approximate surface area is 237 Å². The largest absolute Gasteiger partial charge is 0.496 e. The van der Waals surface area contributed by atoms with Crippen LogP contribution in [0, 0.1) is 0 Å². The minimum absolute atomic E-state index is 0.0497. The Hall–Kier alpha value is -4.06. The van der Waals surface area contributed by atoms with E-state index >= 15 is 0 Å². The van der Waals surface area contributed by atoms with Gasteiger partial charge in [0.2, 0.25) is 0 Å². The highest BCUT2D eigenvalue weighted by molar-refractivity contribution is 5.93. The van der Waals surface area contributed by atoms with Crippen LogP contribution in [0.4, 0.5) is 18.0 Å². The third-order valence-corrected chi connectivity index (χ3v) is 6.08. The van der Waals surface area contributed by atoms with Gasteiger partial charge < -0.3 is 25.0 Å². The van der Waals surface area contributed by atoms with Gasteiger partial charge >= 0.3 is 12.3 Å². The summed E-state index contributed by atoms with van der Waals surface area (Å²) in [7, 11) is 3.13. The van der Waals surface area contributed by atoms with Crippen LogP contribution in [-0.4, -0.2) is 59.5 Å². The van der Waals surface area contributed by atoms with Gasteiger partial charge in [-0.3, -0.25) is 4.79 Å². The summed E-state index contributed by atoms with van der Waals surface area (Å²) in [5.74, 6) is -0.176. The summed E-state index contributed by atoms with van der Waals surface area (Å²) in [6.45, 7) is 8.13. The van der Waals surface area contributed by atoms with Gasteiger partial charge in [-0.2, -0.15) is 18.3 Å². The molecule has 0 saturated carbocycles. The topological polar surface area (TPSA) is 97.7 Å². The average Bonchev–Trinajstić information content (AvgIpc) is 3.37. The fraction of sp³-hybridized carbons (Fsp3) is 0.414. The van der Waals surface area contributed by atoms with Gasteiger partial charge in [0, 0.05) is 44.4 Å². The van der Waals surface area contributed by atoms with Crippen molar-refractivity contribution in [3.05, 3.63) is 77.1 Å². The number of benzene rings is 2. The van der Waals surface area contributed by atoms with Crippen molar-refractivity contribution in [2.75, 3.05) is 27.2 Å². The molecule has 3 rings (SSSR count). The Morgan fingerprint density at radius 3 is 2.44 bits per heavy atom. The fourth-order valence-corrected chi connectivity index (χ4v) is 3.92. The van der Waals surface area contributed by atoms with Gasteiger partial charge in [-0.1, -0.05) is 30.3 Å². The highest BCUT2D eigenvalue weighted by atomic mass is 19.4. The standard InChI is InChI=1S/C29H36F3N5O4/c1-19(33-14-15-36(5)27(39)41-28(2,3)4)20-11-9-12-22(16-20)37-23(17-25(35-37)29(30,31)32)26(38)34-18-21-10-7-8-13-24(21)40-6/h7-13,16-17,19,33H,14-15,18H2,1-6H3,(H,34,38). The molecule has 0 saturated heterocycles. The number of alkyl halides is 3. The van der Waals surface area contributed by atoms with Crippen LogP contribution in [0.15, 0.2) is 54.6 Å². The maximum Gasteiger partial charge on any atom is 0.435 e. The lowest BCUT2D eigenvalue weighted by atomic mass is 10.1. The van der Waals surface area contributed by atoms with E-state index in [0.29, 0.717) is 30.1 Å². The van der Waals surface area contributed by atoms with Crippen LogP contribution in [0.3, 0.4) is 0 Å². The number of carbonyl (C=O) groups excluding carboxylic acids is 2. The zero-order chi connectivity index (χ0) is 30.4. The first-order valence-corrected chi connectivity index (χ1v) is 13.0. The Morgan fingerprint density at radius 1 is 1.07 bits per heavy atom. The zero-order valence-corrected chi connectivity index (χ0v) is 24.0. The van der Waals surface area contributed by atoms with E-state index in [1.54, 1.807) is 70.3 Å². The van der Waals surface area contributed by atoms with Gasteiger partial charge in [-0.25, -0.2) is 9.48 Å². The molecule has 1 heterocycles. The van der Waals surface area contributed by atoms with Gasteiger partial charge in [0.05, 0.1) is 12.8 Å². The molecule has 1 unspecified atom stereocenters. The molecule has 12 heteroatoms. The number of amides is 2. The van der Waals surface area contributed by atoms with E-state index in [9.17, 15) is 22.8 Å². The number of likely N-dealkylation sites (N-methyl/N-ethyl adjacent to an activating group) is 1. The van der Waals surface area contributed by atoms with Crippen LogP contribution in [-0.2, 0) is 17.5 Å². The lowest BCUT2D eigenvalue weighted by molar-refractivity contribution is -0.141. The van der Waals surface area contributed by atoms with Crippen LogP contribution in [0.5, 0.6) is 5.75 Å². The second-order valence-corrected chi connectivity index (χ2v) is 10.5. The number of hydrogen-bond acceptors (Lipinski definition) is 6. The second-order valence-electron chi connectivity index (χ2n) is 10.5. The summed E-state index contributed by atoms with van der Waals surface area (Å²) < 4.78 is 52.4. The molecular formula is C29H36F3N5O4. The molecule has 2 amide bonds. The van der Waals surface area contributed by atoms with E-state index in [1.165, 1.54) is 12.0 Å². The summed E-state index contributed by atoms with van der Waals surface area (Å²) >= 11 is 0. The smallest absolute Gasteiger partial charge is 0.435 e. The molecule has 0 aliphatic heterocycles. The quantitative estimate of drug-likeness (QED) is 0.339. The molecule has 1 atom stereocenters. The molecule has 0 aliphatic carbocycles. The number of rotatable bonds is 10. The highest BCUT2D eigenvalue weighted by Gasteiger charge is 2.36. The summed E-state index contributed by atoms with van der Waals surface area (Å²) in [5.41, 5.74) is -0.322. The van der Waals surface area contributed by atoms with Crippen molar-refractivity contribution in [1.82, 2.24) is 25.3 Å². The number of ether oxygens (including phenoxy) is 2. The van der Waals surface area contributed by atoms with E-state index in [0.717, 1.165) is 16.3 Å². The third-order valence-electron chi connectivity index (χ3n) is 6.08. The first-order chi connectivity index (χ1) is 19.2. The number of methoxy groups -OCH3 is 1. The lowest BCUT2D eigenvalue weighted by Crippen LogP contribution is -2.38. The predicted molar refractivity (Wildman–Crippen MR) is 148 cm³/mol. The summed E-state index contributed by atoms with van der Waals surface area (Å²) in [5, 5.41) is 9.68. The predicted octanol–water partition coefficient (Wildman–Crippen LogP) is 5.35. The second kappa shape index (κ2) is 13.1. The van der Waals surface area contributed by atoms with E-state index < -0.39 is 29.5 Å². The van der Waals surface area contributed by atoms with Crippen LogP contribution >= 0.6 is 0 Å². The molecule has 0 aliphatic rings. The summed E-state index contributed by atoms with van der Waals surface area (Å²) in [6, 6.07) is 14.3. The summed E-state index contributed by atoms with van der Waals surface area (Å²) in [6.07, 6.45) is -5.18. The summed E-state index contributed by atoms with van der Waals surface area (Å²) in [4.78, 5) is 26.7. The first kappa shape index (κ1) is 31.5. The fourth-order valence-electron chi connectivity index (χ4n) is 3.92. The van der Waals surface area contributed by atoms with Crippen molar-refractivity contribution < 1.29 is 32.2 Å². The third kappa shape index (κ3) is 8.71. The average molecular weight is 576 g/mol. The molecule has 0 fully saturated rings. The van der Waals surface area contributed by atoms with Gasteiger partial charge in [-0.15, -0.1) is 0 Å². The Morgan fingerprint density at radius 2 is 1.78 bits per heavy atom. The highest BCUT2D eigenvalue weighted by Crippen LogP contribution is 2.30. The number of nitrogens with zero attached hydrogens (tertiary/aromatic N) is 3. The molecule has 41 heavy (non-hydrogen) atoms. The SMILES string of the molecule is COc1ccccc1CNC(=O)c1cc(C(F)(F)F)nn1-c1cccc(C(C)NCCN(C)C(=O)OC(C)(C)C)c1. The van der Waals surface area contributed by atoms with Crippen molar-refractivity contribution in [2.24, 2.45) is 0 Å². The number of nitrogens with one attached hydrogen (secondary N) is 2. The molecule has 0 bridgehead atoms. The lowest BCUT2D eigenvalue weighted by Gasteiger charge is -2.25. The first-order valence-electron chi connectivity index (χ1n) is 13.0. The molecular weight excluding hydrogens is 539 g/mol. The van der Waals surface area contributed by atoms with Crippen molar-refractivity contribution in [3.8, 4) is 11.4 Å². The molecule has 9 nitrogen and oxygen atoms in total. The van der Waals surface area contributed by atoms with Gasteiger partial charge in [0.15, 0.2) is 5.69 Å². The molecule has 0 radical (unpaired) electrons. The van der Waals surface area contributed by atoms with Crippen LogP contribution in [0.1, 0.15) is 61.0 Å². The zero-order valence-electron chi connectivity index (χ0n) is 24.0. The minimum Gasteiger partial charge on any atom is -0.496 e. The molecule has 3 aromatic rings. The number of para-hydroxylation sites is 1. The van der Waals surface area contributed by atoms with Crippen molar-refractivity contribution in [3.63, 3.8) is 0 Å². The van der Waals surface area contributed by atoms with E-state index in [-0.39, 0.29) is 18.3 Å². The minimum atomic E-state index is -4.74. The van der Waals surface area contributed by atoms with Gasteiger partial charge in [-0.05, 0) is 51.5 Å². The normalized spacial score (nSPS) is 12.5. The van der Waals surface area contributed by atoms with Crippen LogP contribution < -0.4 is 15.4 Å². The Bertz CT molecular complexity index is 1350. The molecule has 0 spiro atoms. The molecule has 2 aromatic carbocycles. The number of aromatic nitrogens is 2. The van der Waals surface area contributed by atoms with Crippen molar-refractivity contribution >= 4 is 12.0 Å². The van der Waals surface area contributed by atoms with E-state index in [4.69, 9.17) is 9.47 Å². The maximum atomic E-state index is 13.6. The van der Waals surface area contributed by atoms with Crippen LogP contribution in [0.25, 0.3) is 5.69 Å². The van der Waals surface area contributed by atoms with Gasteiger partial charge in [0.25, 0.3) is 5.91 Å². The van der Waals surface area contributed by atoms with Crippen molar-refractivity contribution in [1.29, 1.82) is 0 Å². The number of hydrogen-bond donors (Lipinski definition) is 2. The number of carbonyl (C=O) groups is 2. The monoisotopic (exact) mass is 575 g/mol. The van der Waals surface area contributed by atoms with E-state index in [2.05, 4.69) is 15.7 Å². The molecule has 1 aromatic heterocycles. The Kier molecular flexibility index (Phi) is 10.0.